The first kappa shape index (κ1) is 20.3. The van der Waals surface area contributed by atoms with Crippen LogP contribution in [-0.2, 0) is 6.42 Å². The van der Waals surface area contributed by atoms with Gasteiger partial charge in [0.05, 0.1) is 10.7 Å². The molecule has 1 aromatic carbocycles. The molecule has 0 bridgehead atoms. The standard InChI is InChI=1S/C21H28ClN3OS/c1-15-20(27-16(2)23-15)21(26)24(3)14-18-9-12-25(13-10-18)11-8-17-4-6-19(22)7-5-17/h4-7,18H,8-14H2,1-3H3. The van der Waals surface area contributed by atoms with Crippen LogP contribution in [0.1, 0.15) is 38.8 Å². The summed E-state index contributed by atoms with van der Waals surface area (Å²) in [5, 5.41) is 1.75. The van der Waals surface area contributed by atoms with Crippen molar-refractivity contribution in [1.29, 1.82) is 0 Å². The van der Waals surface area contributed by atoms with Crippen molar-refractivity contribution in [2.24, 2.45) is 5.92 Å². The molecule has 1 aliphatic rings. The third kappa shape index (κ3) is 5.53. The Hall–Kier alpha value is -1.43. The lowest BCUT2D eigenvalue weighted by Crippen LogP contribution is -2.40. The maximum absolute atomic E-state index is 12.7. The largest absolute Gasteiger partial charge is 0.341 e. The molecule has 27 heavy (non-hydrogen) atoms. The van der Waals surface area contributed by atoms with Crippen LogP contribution in [0, 0.1) is 19.8 Å². The van der Waals surface area contributed by atoms with Gasteiger partial charge in [-0.2, -0.15) is 0 Å². The SMILES string of the molecule is Cc1nc(C)c(C(=O)N(C)CC2CCN(CCc3ccc(Cl)cc3)CC2)s1. The summed E-state index contributed by atoms with van der Waals surface area (Å²) in [6.07, 6.45) is 3.36. The van der Waals surface area contributed by atoms with E-state index in [-0.39, 0.29) is 5.91 Å². The number of aryl methyl sites for hydroxylation is 2. The van der Waals surface area contributed by atoms with E-state index >= 15 is 0 Å². The normalized spacial score (nSPS) is 15.9. The van der Waals surface area contributed by atoms with Gasteiger partial charge in [-0.05, 0) is 69.8 Å². The Labute approximate surface area is 171 Å². The van der Waals surface area contributed by atoms with Crippen LogP contribution in [0.2, 0.25) is 5.02 Å². The second-order valence-corrected chi connectivity index (χ2v) is 9.13. The van der Waals surface area contributed by atoms with Crippen LogP contribution >= 0.6 is 22.9 Å². The average Bonchev–Trinajstić information content (AvgIpc) is 3.00. The minimum Gasteiger partial charge on any atom is -0.341 e. The van der Waals surface area contributed by atoms with Crippen molar-refractivity contribution in [3.05, 3.63) is 50.4 Å². The number of aromatic nitrogens is 1. The van der Waals surface area contributed by atoms with Gasteiger partial charge >= 0.3 is 0 Å². The molecule has 1 saturated heterocycles. The molecule has 0 unspecified atom stereocenters. The number of benzene rings is 1. The second-order valence-electron chi connectivity index (χ2n) is 7.49. The number of likely N-dealkylation sites (tertiary alicyclic amines) is 1. The molecule has 3 rings (SSSR count). The van der Waals surface area contributed by atoms with Crippen LogP contribution in [0.15, 0.2) is 24.3 Å². The number of amides is 1. The molecule has 6 heteroatoms. The molecule has 2 aromatic rings. The molecular formula is C21H28ClN3OS. The molecule has 2 heterocycles. The van der Waals surface area contributed by atoms with Gasteiger partial charge in [0, 0.05) is 25.2 Å². The first-order chi connectivity index (χ1) is 12.9. The molecule has 1 fully saturated rings. The highest BCUT2D eigenvalue weighted by atomic mass is 35.5. The zero-order valence-electron chi connectivity index (χ0n) is 16.4. The molecule has 0 N–H and O–H groups in total. The summed E-state index contributed by atoms with van der Waals surface area (Å²) in [5.74, 6) is 0.698. The fourth-order valence-corrected chi connectivity index (χ4v) is 4.74. The fourth-order valence-electron chi connectivity index (χ4n) is 3.70. The fraction of sp³-hybridized carbons (Fsp3) is 0.524. The van der Waals surface area contributed by atoms with E-state index < -0.39 is 0 Å². The van der Waals surface area contributed by atoms with Crippen LogP contribution in [0.5, 0.6) is 0 Å². The Morgan fingerprint density at radius 2 is 1.93 bits per heavy atom. The van der Waals surface area contributed by atoms with E-state index in [9.17, 15) is 4.79 Å². The summed E-state index contributed by atoms with van der Waals surface area (Å²) >= 11 is 7.45. The molecule has 146 valence electrons. The molecule has 0 radical (unpaired) electrons. The number of nitrogens with zero attached hydrogens (tertiary/aromatic N) is 3. The third-order valence-electron chi connectivity index (χ3n) is 5.31. The van der Waals surface area contributed by atoms with Crippen LogP contribution in [-0.4, -0.2) is 53.9 Å². The van der Waals surface area contributed by atoms with E-state index in [1.165, 1.54) is 16.9 Å². The molecule has 0 saturated carbocycles. The van der Waals surface area contributed by atoms with Gasteiger partial charge in [-0.15, -0.1) is 11.3 Å². The summed E-state index contributed by atoms with van der Waals surface area (Å²) in [5.41, 5.74) is 2.19. The number of hydrogen-bond acceptors (Lipinski definition) is 4. The molecule has 0 atom stereocenters. The quantitative estimate of drug-likeness (QED) is 0.712. The van der Waals surface area contributed by atoms with E-state index in [4.69, 9.17) is 11.6 Å². The van der Waals surface area contributed by atoms with Gasteiger partial charge in [-0.1, -0.05) is 23.7 Å². The van der Waals surface area contributed by atoms with Gasteiger partial charge in [-0.3, -0.25) is 4.79 Å². The second kappa shape index (κ2) is 9.18. The number of thiazole rings is 1. The number of hydrogen-bond donors (Lipinski definition) is 0. The summed E-state index contributed by atoms with van der Waals surface area (Å²) < 4.78 is 0. The lowest BCUT2D eigenvalue weighted by Gasteiger charge is -2.33. The van der Waals surface area contributed by atoms with Gasteiger partial charge in [0.2, 0.25) is 0 Å². The van der Waals surface area contributed by atoms with Crippen molar-refractivity contribution in [2.75, 3.05) is 33.2 Å². The van der Waals surface area contributed by atoms with Crippen molar-refractivity contribution in [3.8, 4) is 0 Å². The van der Waals surface area contributed by atoms with E-state index in [1.54, 1.807) is 0 Å². The van der Waals surface area contributed by atoms with Gasteiger partial charge in [-0.25, -0.2) is 4.98 Å². The Kier molecular flexibility index (Phi) is 6.90. The molecular weight excluding hydrogens is 378 g/mol. The number of carbonyl (C=O) groups is 1. The van der Waals surface area contributed by atoms with Gasteiger partial charge in [0.25, 0.3) is 5.91 Å². The van der Waals surface area contributed by atoms with Crippen molar-refractivity contribution >= 4 is 28.8 Å². The summed E-state index contributed by atoms with van der Waals surface area (Å²) in [7, 11) is 1.92. The zero-order chi connectivity index (χ0) is 19.4. The summed E-state index contributed by atoms with van der Waals surface area (Å²) in [6, 6.07) is 8.14. The Bertz CT molecular complexity index is 766. The van der Waals surface area contributed by atoms with Crippen LogP contribution in [0.25, 0.3) is 0 Å². The average molecular weight is 406 g/mol. The lowest BCUT2D eigenvalue weighted by atomic mass is 9.96. The van der Waals surface area contributed by atoms with Crippen LogP contribution in [0.4, 0.5) is 0 Å². The third-order valence-corrected chi connectivity index (χ3v) is 6.63. The number of halogens is 1. The number of piperidine rings is 1. The molecule has 0 aliphatic carbocycles. The van der Waals surface area contributed by atoms with E-state index in [0.717, 1.165) is 66.0 Å². The molecule has 0 spiro atoms. The minimum atomic E-state index is 0.114. The Morgan fingerprint density at radius 3 is 2.52 bits per heavy atom. The minimum absolute atomic E-state index is 0.114. The topological polar surface area (TPSA) is 36.4 Å². The monoisotopic (exact) mass is 405 g/mol. The Balaban J connectivity index is 1.43. The van der Waals surface area contributed by atoms with Gasteiger partial charge in [0.1, 0.15) is 4.88 Å². The maximum atomic E-state index is 12.7. The van der Waals surface area contributed by atoms with Crippen LogP contribution < -0.4 is 0 Å². The molecule has 1 amide bonds. The van der Waals surface area contributed by atoms with Crippen molar-refractivity contribution in [2.45, 2.75) is 33.1 Å². The van der Waals surface area contributed by atoms with Crippen molar-refractivity contribution < 1.29 is 4.79 Å². The predicted octanol–water partition coefficient (Wildman–Crippen LogP) is 4.44. The van der Waals surface area contributed by atoms with Gasteiger partial charge < -0.3 is 9.80 Å². The first-order valence-corrected chi connectivity index (χ1v) is 10.8. The molecule has 1 aromatic heterocycles. The van der Waals surface area contributed by atoms with E-state index in [1.807, 2.05) is 37.9 Å². The smallest absolute Gasteiger partial charge is 0.265 e. The summed E-state index contributed by atoms with van der Waals surface area (Å²) in [6.45, 7) is 8.01. The maximum Gasteiger partial charge on any atom is 0.265 e. The Morgan fingerprint density at radius 1 is 1.26 bits per heavy atom. The van der Waals surface area contributed by atoms with Gasteiger partial charge in [0.15, 0.2) is 0 Å². The zero-order valence-corrected chi connectivity index (χ0v) is 17.9. The molecule has 4 nitrogen and oxygen atoms in total. The highest BCUT2D eigenvalue weighted by Crippen LogP contribution is 2.22. The van der Waals surface area contributed by atoms with Crippen LogP contribution in [0.3, 0.4) is 0 Å². The highest BCUT2D eigenvalue weighted by molar-refractivity contribution is 7.13. The first-order valence-electron chi connectivity index (χ1n) is 9.58. The van der Waals surface area contributed by atoms with E-state index in [0.29, 0.717) is 5.92 Å². The van der Waals surface area contributed by atoms with E-state index in [2.05, 4.69) is 22.0 Å². The highest BCUT2D eigenvalue weighted by Gasteiger charge is 2.24. The summed E-state index contributed by atoms with van der Waals surface area (Å²) in [4.78, 5) is 22.3. The molecule has 1 aliphatic heterocycles. The number of rotatable bonds is 6. The predicted molar refractivity (Wildman–Crippen MR) is 113 cm³/mol. The van der Waals surface area contributed by atoms with Crippen molar-refractivity contribution in [1.82, 2.24) is 14.8 Å². The number of carbonyl (C=O) groups excluding carboxylic acids is 1. The lowest BCUT2D eigenvalue weighted by molar-refractivity contribution is 0.0744. The van der Waals surface area contributed by atoms with Crippen molar-refractivity contribution in [3.63, 3.8) is 0 Å².